The number of carbonyl (C=O) groups excluding carboxylic acids is 1. The van der Waals surface area contributed by atoms with Gasteiger partial charge in [-0.1, -0.05) is 13.3 Å². The van der Waals surface area contributed by atoms with Crippen LogP contribution in [0.25, 0.3) is 0 Å². The fourth-order valence-corrected chi connectivity index (χ4v) is 3.36. The van der Waals surface area contributed by atoms with Crippen molar-refractivity contribution in [2.24, 2.45) is 0 Å². The van der Waals surface area contributed by atoms with Crippen LogP contribution in [-0.2, 0) is 14.3 Å². The van der Waals surface area contributed by atoms with Crippen molar-refractivity contribution < 1.29 is 19.4 Å². The van der Waals surface area contributed by atoms with E-state index in [4.69, 9.17) is 9.84 Å². The smallest absolute Gasteiger partial charge is 0.327 e. The highest BCUT2D eigenvalue weighted by molar-refractivity contribution is 8.00. The first-order valence-corrected chi connectivity index (χ1v) is 6.90. The van der Waals surface area contributed by atoms with Gasteiger partial charge in [0.25, 0.3) is 0 Å². The van der Waals surface area contributed by atoms with Crippen LogP contribution in [-0.4, -0.2) is 52.3 Å². The second kappa shape index (κ2) is 6.86. The number of rotatable bonds is 6. The maximum Gasteiger partial charge on any atom is 0.327 e. The molecule has 17 heavy (non-hydrogen) atoms. The Morgan fingerprint density at radius 2 is 2.18 bits per heavy atom. The Bertz CT molecular complexity index is 285. The highest BCUT2D eigenvalue weighted by Crippen LogP contribution is 2.32. The van der Waals surface area contributed by atoms with Gasteiger partial charge in [0, 0.05) is 12.4 Å². The predicted octanol–water partition coefficient (Wildman–Crippen LogP) is 1.18. The SMILES string of the molecule is CCCC1SCC(C(=O)O)N1C(=O)COCC. The van der Waals surface area contributed by atoms with Gasteiger partial charge in [0.15, 0.2) is 0 Å². The number of nitrogens with zero attached hydrogens (tertiary/aromatic N) is 1. The molecule has 2 unspecified atom stereocenters. The zero-order chi connectivity index (χ0) is 12.8. The lowest BCUT2D eigenvalue weighted by molar-refractivity contribution is -0.151. The minimum absolute atomic E-state index is 0.0194. The first kappa shape index (κ1) is 14.3. The fourth-order valence-electron chi connectivity index (χ4n) is 1.82. The third-order valence-corrected chi connectivity index (χ3v) is 3.99. The van der Waals surface area contributed by atoms with Gasteiger partial charge in [0.1, 0.15) is 12.6 Å². The van der Waals surface area contributed by atoms with Crippen molar-refractivity contribution in [2.45, 2.75) is 38.1 Å². The Hall–Kier alpha value is -0.750. The van der Waals surface area contributed by atoms with Crippen LogP contribution in [0, 0.1) is 0 Å². The van der Waals surface area contributed by atoms with Crippen LogP contribution >= 0.6 is 11.8 Å². The molecule has 1 fully saturated rings. The van der Waals surface area contributed by atoms with Crippen LogP contribution in [0.4, 0.5) is 0 Å². The van der Waals surface area contributed by atoms with E-state index in [-0.39, 0.29) is 17.9 Å². The van der Waals surface area contributed by atoms with Crippen molar-refractivity contribution in [1.29, 1.82) is 0 Å². The van der Waals surface area contributed by atoms with E-state index in [1.807, 2.05) is 13.8 Å². The molecule has 0 radical (unpaired) electrons. The number of carboxylic acid groups (broad SMARTS) is 1. The summed E-state index contributed by atoms with van der Waals surface area (Å²) in [4.78, 5) is 24.5. The van der Waals surface area contributed by atoms with Gasteiger partial charge in [-0.15, -0.1) is 11.8 Å². The second-order valence-corrected chi connectivity index (χ2v) is 5.08. The number of hydrogen-bond donors (Lipinski definition) is 1. The van der Waals surface area contributed by atoms with E-state index < -0.39 is 12.0 Å². The number of amides is 1. The fraction of sp³-hybridized carbons (Fsp3) is 0.818. The van der Waals surface area contributed by atoms with Crippen LogP contribution < -0.4 is 0 Å². The van der Waals surface area contributed by atoms with Gasteiger partial charge in [-0.3, -0.25) is 4.79 Å². The molecule has 0 bridgehead atoms. The van der Waals surface area contributed by atoms with E-state index in [1.54, 1.807) is 11.8 Å². The Labute approximate surface area is 105 Å². The predicted molar refractivity (Wildman–Crippen MR) is 65.9 cm³/mol. The molecule has 2 atom stereocenters. The van der Waals surface area contributed by atoms with Crippen molar-refractivity contribution in [2.75, 3.05) is 19.0 Å². The summed E-state index contributed by atoms with van der Waals surface area (Å²) in [6.07, 6.45) is 1.76. The van der Waals surface area contributed by atoms with Crippen molar-refractivity contribution in [3.05, 3.63) is 0 Å². The molecule has 98 valence electrons. The molecule has 0 aromatic carbocycles. The molecule has 0 aliphatic carbocycles. The quantitative estimate of drug-likeness (QED) is 0.777. The van der Waals surface area contributed by atoms with Crippen LogP contribution in [0.3, 0.4) is 0 Å². The molecule has 5 nitrogen and oxygen atoms in total. The number of ether oxygens (including phenoxy) is 1. The largest absolute Gasteiger partial charge is 0.480 e. The van der Waals surface area contributed by atoms with Crippen LogP contribution in [0.1, 0.15) is 26.7 Å². The summed E-state index contributed by atoms with van der Waals surface area (Å²) >= 11 is 1.54. The van der Waals surface area contributed by atoms with Crippen LogP contribution in [0.5, 0.6) is 0 Å². The molecule has 1 aliphatic rings. The van der Waals surface area contributed by atoms with E-state index in [0.717, 1.165) is 12.8 Å². The number of carbonyl (C=O) groups is 2. The molecule has 1 rings (SSSR count). The average Bonchev–Trinajstić information content (AvgIpc) is 2.70. The first-order chi connectivity index (χ1) is 8.11. The van der Waals surface area contributed by atoms with E-state index in [9.17, 15) is 9.59 Å². The Kier molecular flexibility index (Phi) is 5.77. The van der Waals surface area contributed by atoms with Gasteiger partial charge in [-0.25, -0.2) is 4.79 Å². The van der Waals surface area contributed by atoms with Gasteiger partial charge in [0.2, 0.25) is 5.91 Å². The summed E-state index contributed by atoms with van der Waals surface area (Å²) in [5, 5.41) is 9.08. The highest BCUT2D eigenvalue weighted by atomic mass is 32.2. The normalized spacial score (nSPS) is 24.0. The summed E-state index contributed by atoms with van der Waals surface area (Å²) in [6.45, 7) is 4.27. The highest BCUT2D eigenvalue weighted by Gasteiger charge is 2.40. The van der Waals surface area contributed by atoms with Gasteiger partial charge in [-0.05, 0) is 13.3 Å². The molecule has 1 heterocycles. The first-order valence-electron chi connectivity index (χ1n) is 5.85. The maximum absolute atomic E-state index is 11.9. The van der Waals surface area contributed by atoms with Crippen molar-refractivity contribution in [3.8, 4) is 0 Å². The average molecular weight is 261 g/mol. The number of aliphatic carboxylic acids is 1. The number of thioether (sulfide) groups is 1. The van der Waals surface area contributed by atoms with Crippen molar-refractivity contribution in [3.63, 3.8) is 0 Å². The van der Waals surface area contributed by atoms with Crippen molar-refractivity contribution in [1.82, 2.24) is 4.90 Å². The molecule has 1 amide bonds. The van der Waals surface area contributed by atoms with E-state index in [2.05, 4.69) is 0 Å². The van der Waals surface area contributed by atoms with Gasteiger partial charge in [-0.2, -0.15) is 0 Å². The minimum Gasteiger partial charge on any atom is -0.480 e. The summed E-state index contributed by atoms with van der Waals surface area (Å²) in [6, 6.07) is -0.704. The lowest BCUT2D eigenvalue weighted by atomic mass is 10.2. The van der Waals surface area contributed by atoms with Gasteiger partial charge in [0.05, 0.1) is 5.37 Å². The molecule has 0 spiro atoms. The molecule has 0 aromatic heterocycles. The minimum atomic E-state index is -0.930. The van der Waals surface area contributed by atoms with Crippen molar-refractivity contribution >= 4 is 23.6 Å². The van der Waals surface area contributed by atoms with Crippen LogP contribution in [0.2, 0.25) is 0 Å². The zero-order valence-corrected chi connectivity index (χ0v) is 11.0. The Morgan fingerprint density at radius 1 is 1.47 bits per heavy atom. The van der Waals surface area contributed by atoms with E-state index >= 15 is 0 Å². The van der Waals surface area contributed by atoms with Crippen LogP contribution in [0.15, 0.2) is 0 Å². The van der Waals surface area contributed by atoms with Gasteiger partial charge >= 0.3 is 5.97 Å². The number of hydrogen-bond acceptors (Lipinski definition) is 4. The third kappa shape index (κ3) is 3.61. The maximum atomic E-state index is 11.9. The Morgan fingerprint density at radius 3 is 2.71 bits per heavy atom. The molecule has 6 heteroatoms. The monoisotopic (exact) mass is 261 g/mol. The molecule has 1 aliphatic heterocycles. The molecular weight excluding hydrogens is 242 g/mol. The second-order valence-electron chi connectivity index (χ2n) is 3.87. The van der Waals surface area contributed by atoms with Gasteiger partial charge < -0.3 is 14.7 Å². The third-order valence-electron chi connectivity index (χ3n) is 2.63. The summed E-state index contributed by atoms with van der Waals surface area (Å²) in [5.74, 6) is -0.679. The zero-order valence-electron chi connectivity index (χ0n) is 10.2. The standard InChI is InChI=1S/C11H19NO4S/c1-3-5-10-12(9(13)6-16-4-2)8(7-17-10)11(14)15/h8,10H,3-7H2,1-2H3,(H,14,15). The van der Waals surface area contributed by atoms with E-state index in [0.29, 0.717) is 12.4 Å². The molecule has 1 N–H and O–H groups in total. The summed E-state index contributed by atoms with van der Waals surface area (Å²) < 4.78 is 5.07. The topological polar surface area (TPSA) is 66.8 Å². The molecular formula is C11H19NO4S. The van der Waals surface area contributed by atoms with E-state index in [1.165, 1.54) is 4.90 Å². The number of carboxylic acids is 1. The summed E-state index contributed by atoms with van der Waals surface area (Å²) in [5.41, 5.74) is 0. The summed E-state index contributed by atoms with van der Waals surface area (Å²) in [7, 11) is 0. The lowest BCUT2D eigenvalue weighted by Gasteiger charge is -2.27. The molecule has 0 aromatic rings. The molecule has 0 saturated carbocycles. The molecule has 1 saturated heterocycles. The lowest BCUT2D eigenvalue weighted by Crippen LogP contribution is -2.47. The Balaban J connectivity index is 2.70.